The van der Waals surface area contributed by atoms with Crippen LogP contribution in [0.2, 0.25) is 0 Å². The highest BCUT2D eigenvalue weighted by molar-refractivity contribution is 5.79. The molecule has 0 aromatic heterocycles. The monoisotopic (exact) mass is 309 g/mol. The number of ether oxygens (including phenoxy) is 1. The fourth-order valence-corrected chi connectivity index (χ4v) is 3.67. The molecular weight excluding hydrogens is 282 g/mol. The summed E-state index contributed by atoms with van der Waals surface area (Å²) >= 11 is 0. The van der Waals surface area contributed by atoms with Crippen molar-refractivity contribution in [3.63, 3.8) is 0 Å². The molecule has 3 aliphatic rings. The second kappa shape index (κ2) is 5.72. The predicted molar refractivity (Wildman–Crippen MR) is 82.5 cm³/mol. The number of urea groups is 1. The molecule has 1 spiro atoms. The Morgan fingerprint density at radius 3 is 2.50 bits per heavy atom. The molecule has 1 aliphatic carbocycles. The van der Waals surface area contributed by atoms with Crippen LogP contribution in [0.4, 0.5) is 4.79 Å². The van der Waals surface area contributed by atoms with E-state index in [1.54, 1.807) is 19.0 Å². The lowest BCUT2D eigenvalue weighted by atomic mass is 9.82. The number of piperidine rings is 1. The lowest BCUT2D eigenvalue weighted by Crippen LogP contribution is -2.64. The topological polar surface area (TPSA) is 53.1 Å². The molecule has 2 heterocycles. The SMILES string of the molecule is CC1N(CC2CC2)C(=O)COC12CCN(C(=O)N(C)C)CC2. The highest BCUT2D eigenvalue weighted by atomic mass is 16.5. The maximum absolute atomic E-state index is 12.2. The van der Waals surface area contributed by atoms with Gasteiger partial charge in [-0.2, -0.15) is 0 Å². The Morgan fingerprint density at radius 1 is 1.32 bits per heavy atom. The van der Waals surface area contributed by atoms with E-state index in [9.17, 15) is 9.59 Å². The van der Waals surface area contributed by atoms with Gasteiger partial charge in [-0.1, -0.05) is 0 Å². The molecule has 3 fully saturated rings. The average Bonchev–Trinajstić information content (AvgIpc) is 3.32. The Balaban J connectivity index is 1.66. The average molecular weight is 309 g/mol. The van der Waals surface area contributed by atoms with Crippen molar-refractivity contribution in [1.82, 2.24) is 14.7 Å². The highest BCUT2D eigenvalue weighted by Crippen LogP contribution is 2.38. The number of carbonyl (C=O) groups is 2. The largest absolute Gasteiger partial charge is 0.363 e. The second-order valence-corrected chi connectivity index (χ2v) is 7.18. The predicted octanol–water partition coefficient (Wildman–Crippen LogP) is 1.16. The van der Waals surface area contributed by atoms with Crippen LogP contribution in [0.3, 0.4) is 0 Å². The van der Waals surface area contributed by atoms with E-state index in [1.807, 2.05) is 9.80 Å². The summed E-state index contributed by atoms with van der Waals surface area (Å²) in [5.74, 6) is 0.814. The number of hydrogen-bond acceptors (Lipinski definition) is 3. The van der Waals surface area contributed by atoms with Crippen LogP contribution in [0.25, 0.3) is 0 Å². The zero-order chi connectivity index (χ0) is 15.9. The minimum atomic E-state index is -0.272. The van der Waals surface area contributed by atoms with Gasteiger partial charge in [0.2, 0.25) is 5.91 Å². The number of rotatable bonds is 2. The van der Waals surface area contributed by atoms with Crippen molar-refractivity contribution in [3.8, 4) is 0 Å². The molecule has 1 saturated carbocycles. The third-order valence-electron chi connectivity index (χ3n) is 5.45. The minimum Gasteiger partial charge on any atom is -0.363 e. The Morgan fingerprint density at radius 2 is 1.95 bits per heavy atom. The maximum atomic E-state index is 12.2. The van der Waals surface area contributed by atoms with Crippen LogP contribution in [0.1, 0.15) is 32.6 Å². The smallest absolute Gasteiger partial charge is 0.319 e. The molecule has 6 nitrogen and oxygen atoms in total. The van der Waals surface area contributed by atoms with E-state index in [4.69, 9.17) is 4.74 Å². The maximum Gasteiger partial charge on any atom is 0.319 e. The van der Waals surface area contributed by atoms with Crippen LogP contribution >= 0.6 is 0 Å². The second-order valence-electron chi connectivity index (χ2n) is 7.18. The van der Waals surface area contributed by atoms with E-state index in [1.165, 1.54) is 12.8 Å². The van der Waals surface area contributed by atoms with Gasteiger partial charge in [0.25, 0.3) is 0 Å². The molecule has 1 unspecified atom stereocenters. The van der Waals surface area contributed by atoms with Gasteiger partial charge in [-0.05, 0) is 38.5 Å². The molecule has 0 N–H and O–H groups in total. The van der Waals surface area contributed by atoms with Crippen LogP contribution in [0.5, 0.6) is 0 Å². The van der Waals surface area contributed by atoms with Crippen LogP contribution in [-0.2, 0) is 9.53 Å². The quantitative estimate of drug-likeness (QED) is 0.769. The Kier molecular flexibility index (Phi) is 4.05. The fraction of sp³-hybridized carbons (Fsp3) is 0.875. The normalized spacial score (nSPS) is 28.1. The summed E-state index contributed by atoms with van der Waals surface area (Å²) in [5, 5.41) is 0. The van der Waals surface area contributed by atoms with Crippen molar-refractivity contribution < 1.29 is 14.3 Å². The Hall–Kier alpha value is -1.30. The number of nitrogens with zero attached hydrogens (tertiary/aromatic N) is 3. The third kappa shape index (κ3) is 2.81. The van der Waals surface area contributed by atoms with Gasteiger partial charge in [0, 0.05) is 33.7 Å². The molecule has 2 aliphatic heterocycles. The first-order chi connectivity index (χ1) is 10.4. The fourth-order valence-electron chi connectivity index (χ4n) is 3.67. The van der Waals surface area contributed by atoms with Gasteiger partial charge < -0.3 is 19.4 Å². The van der Waals surface area contributed by atoms with Crippen LogP contribution in [-0.4, -0.2) is 78.6 Å². The van der Waals surface area contributed by atoms with Crippen molar-refractivity contribution in [2.45, 2.75) is 44.2 Å². The van der Waals surface area contributed by atoms with E-state index in [2.05, 4.69) is 6.92 Å². The van der Waals surface area contributed by atoms with Gasteiger partial charge in [-0.15, -0.1) is 0 Å². The van der Waals surface area contributed by atoms with Crippen molar-refractivity contribution in [2.24, 2.45) is 5.92 Å². The molecule has 124 valence electrons. The van der Waals surface area contributed by atoms with E-state index >= 15 is 0 Å². The number of amides is 3. The summed E-state index contributed by atoms with van der Waals surface area (Å²) in [6, 6.07) is 0.162. The Labute approximate surface area is 132 Å². The number of hydrogen-bond donors (Lipinski definition) is 0. The summed E-state index contributed by atoms with van der Waals surface area (Å²) in [4.78, 5) is 29.8. The summed E-state index contributed by atoms with van der Waals surface area (Å²) in [6.07, 6.45) is 4.11. The van der Waals surface area contributed by atoms with Gasteiger partial charge in [-0.3, -0.25) is 4.79 Å². The molecule has 22 heavy (non-hydrogen) atoms. The molecule has 0 radical (unpaired) electrons. The molecule has 2 saturated heterocycles. The van der Waals surface area contributed by atoms with Crippen LogP contribution in [0, 0.1) is 5.92 Å². The first-order valence-corrected chi connectivity index (χ1v) is 8.32. The summed E-state index contributed by atoms with van der Waals surface area (Å²) in [7, 11) is 3.56. The zero-order valence-corrected chi connectivity index (χ0v) is 13.9. The van der Waals surface area contributed by atoms with E-state index in [0.717, 1.165) is 19.4 Å². The lowest BCUT2D eigenvalue weighted by molar-refractivity contribution is -0.185. The first kappa shape index (κ1) is 15.6. The van der Waals surface area contributed by atoms with Gasteiger partial charge in [0.05, 0.1) is 11.6 Å². The number of carbonyl (C=O) groups excluding carboxylic acids is 2. The molecule has 0 aromatic rings. The lowest BCUT2D eigenvalue weighted by Gasteiger charge is -2.51. The van der Waals surface area contributed by atoms with E-state index in [0.29, 0.717) is 19.0 Å². The number of likely N-dealkylation sites (tertiary alicyclic amines) is 1. The first-order valence-electron chi connectivity index (χ1n) is 8.32. The van der Waals surface area contributed by atoms with Crippen molar-refractivity contribution in [2.75, 3.05) is 40.3 Å². The third-order valence-corrected chi connectivity index (χ3v) is 5.45. The van der Waals surface area contributed by atoms with Crippen molar-refractivity contribution >= 4 is 11.9 Å². The molecule has 3 rings (SSSR count). The number of morpholine rings is 1. The van der Waals surface area contributed by atoms with Crippen molar-refractivity contribution in [1.29, 1.82) is 0 Å². The summed E-state index contributed by atoms with van der Waals surface area (Å²) < 4.78 is 6.01. The molecule has 1 atom stereocenters. The minimum absolute atomic E-state index is 0.0595. The molecule has 0 bridgehead atoms. The Bertz CT molecular complexity index is 454. The van der Waals surface area contributed by atoms with Crippen molar-refractivity contribution in [3.05, 3.63) is 0 Å². The zero-order valence-electron chi connectivity index (χ0n) is 13.9. The summed E-state index contributed by atoms with van der Waals surface area (Å²) in [6.45, 7) is 4.59. The van der Waals surface area contributed by atoms with Gasteiger partial charge in [0.1, 0.15) is 6.61 Å². The highest BCUT2D eigenvalue weighted by Gasteiger charge is 2.49. The molecule has 3 amide bonds. The van der Waals surface area contributed by atoms with Gasteiger partial charge >= 0.3 is 6.03 Å². The standard InChI is InChI=1S/C16H27N3O3/c1-12-16(6-8-18(9-7-16)15(21)17(2)3)22-11-14(20)19(12)10-13-4-5-13/h12-13H,4-11H2,1-3H3. The van der Waals surface area contributed by atoms with Crippen LogP contribution < -0.4 is 0 Å². The molecular formula is C16H27N3O3. The van der Waals surface area contributed by atoms with Gasteiger partial charge in [0.15, 0.2) is 0 Å². The van der Waals surface area contributed by atoms with E-state index < -0.39 is 0 Å². The van der Waals surface area contributed by atoms with E-state index in [-0.39, 0.29) is 30.2 Å². The summed E-state index contributed by atoms with van der Waals surface area (Å²) in [5.41, 5.74) is -0.272. The van der Waals surface area contributed by atoms with Crippen LogP contribution in [0.15, 0.2) is 0 Å². The molecule has 6 heteroatoms. The molecule has 0 aromatic carbocycles. The van der Waals surface area contributed by atoms with Gasteiger partial charge in [-0.25, -0.2) is 4.79 Å².